The average Bonchev–Trinajstić information content (AvgIpc) is 1.81. The minimum absolute atomic E-state index is 0. The van der Waals surface area contributed by atoms with Crippen LogP contribution in [0.3, 0.4) is 0 Å². The smallest absolute Gasteiger partial charge is 0.0351 e. The van der Waals surface area contributed by atoms with Gasteiger partial charge in [0.05, 0.1) is 0 Å². The highest BCUT2D eigenvalue weighted by molar-refractivity contribution is 6.18. The van der Waals surface area contributed by atoms with Gasteiger partial charge in [-0.15, -0.1) is 24.0 Å². The molecule has 0 atom stereocenters. The largest absolute Gasteiger partial charge is 0.412 e. The van der Waals surface area contributed by atoms with E-state index in [1.54, 1.807) is 0 Å². The first kappa shape index (κ1) is 18.3. The van der Waals surface area contributed by atoms with E-state index in [1.807, 2.05) is 0 Å². The molecule has 0 unspecified atom stereocenters. The second kappa shape index (κ2) is 9.59. The first-order chi connectivity index (χ1) is 4.59. The van der Waals surface area contributed by atoms with Gasteiger partial charge in [-0.25, -0.2) is 0 Å². The van der Waals surface area contributed by atoms with Crippen molar-refractivity contribution in [2.45, 2.75) is 39.8 Å². The number of hydrogen-bond donors (Lipinski definition) is 0. The molecule has 0 aliphatic carbocycles. The summed E-state index contributed by atoms with van der Waals surface area (Å²) in [4.78, 5) is 2.38. The zero-order valence-corrected chi connectivity index (χ0v) is 9.87. The van der Waals surface area contributed by atoms with Gasteiger partial charge in [0.15, 0.2) is 0 Å². The van der Waals surface area contributed by atoms with E-state index in [4.69, 9.17) is 11.6 Å². The maximum Gasteiger partial charge on any atom is 0.0351 e. The molecule has 0 aliphatic heterocycles. The SMILES string of the molecule is CC(C)N(CCCl)C(C)C.Cl.O. The Balaban J connectivity index is -0.000000405. The van der Waals surface area contributed by atoms with Crippen molar-refractivity contribution in [1.29, 1.82) is 0 Å². The predicted molar refractivity (Wildman–Crippen MR) is 58.6 cm³/mol. The summed E-state index contributed by atoms with van der Waals surface area (Å²) in [5.74, 6) is 0.732. The van der Waals surface area contributed by atoms with Crippen LogP contribution in [0.25, 0.3) is 0 Å². The van der Waals surface area contributed by atoms with Crippen LogP contribution in [0, 0.1) is 0 Å². The third-order valence-electron chi connectivity index (χ3n) is 1.67. The van der Waals surface area contributed by atoms with Crippen molar-refractivity contribution >= 4 is 24.0 Å². The molecule has 0 aromatic rings. The Kier molecular flexibility index (Phi) is 14.6. The molecule has 0 spiro atoms. The molecule has 0 saturated carbocycles. The zero-order valence-electron chi connectivity index (χ0n) is 8.30. The number of nitrogens with zero attached hydrogens (tertiary/aromatic N) is 1. The Morgan fingerprint density at radius 1 is 1.08 bits per heavy atom. The summed E-state index contributed by atoms with van der Waals surface area (Å²) in [6, 6.07) is 1.22. The van der Waals surface area contributed by atoms with E-state index in [-0.39, 0.29) is 17.9 Å². The molecule has 0 rings (SSSR count). The second-order valence-corrected chi connectivity index (χ2v) is 3.49. The van der Waals surface area contributed by atoms with Gasteiger partial charge in [-0.3, -0.25) is 4.90 Å². The Bertz CT molecular complexity index is 81.1. The van der Waals surface area contributed by atoms with Crippen LogP contribution in [-0.4, -0.2) is 34.9 Å². The monoisotopic (exact) mass is 217 g/mol. The zero-order chi connectivity index (χ0) is 8.15. The minimum atomic E-state index is 0. The predicted octanol–water partition coefficient (Wildman–Crippen LogP) is 1.94. The van der Waals surface area contributed by atoms with Gasteiger partial charge in [0, 0.05) is 24.5 Å². The van der Waals surface area contributed by atoms with Crippen molar-refractivity contribution in [3.05, 3.63) is 0 Å². The van der Waals surface area contributed by atoms with Crippen molar-refractivity contribution in [3.63, 3.8) is 0 Å². The maximum atomic E-state index is 5.64. The molecule has 0 aromatic heterocycles. The van der Waals surface area contributed by atoms with Gasteiger partial charge >= 0.3 is 0 Å². The van der Waals surface area contributed by atoms with E-state index in [9.17, 15) is 0 Å². The second-order valence-electron chi connectivity index (χ2n) is 3.11. The number of hydrogen-bond acceptors (Lipinski definition) is 1. The lowest BCUT2D eigenvalue weighted by Gasteiger charge is -2.29. The molecule has 0 amide bonds. The number of rotatable bonds is 4. The van der Waals surface area contributed by atoms with Gasteiger partial charge in [-0.1, -0.05) is 0 Å². The molecule has 12 heavy (non-hydrogen) atoms. The summed E-state index contributed by atoms with van der Waals surface area (Å²) in [6.07, 6.45) is 0. The molecule has 78 valence electrons. The summed E-state index contributed by atoms with van der Waals surface area (Å²) in [6.45, 7) is 9.80. The normalized spacial score (nSPS) is 10.0. The lowest BCUT2D eigenvalue weighted by atomic mass is 10.2. The molecule has 0 radical (unpaired) electrons. The molecule has 0 fully saturated rings. The van der Waals surface area contributed by atoms with E-state index < -0.39 is 0 Å². The highest BCUT2D eigenvalue weighted by Crippen LogP contribution is 2.03. The van der Waals surface area contributed by atoms with Crippen molar-refractivity contribution in [2.24, 2.45) is 0 Å². The summed E-state index contributed by atoms with van der Waals surface area (Å²) >= 11 is 5.64. The molecule has 2 N–H and O–H groups in total. The molecule has 2 nitrogen and oxygen atoms in total. The van der Waals surface area contributed by atoms with Crippen LogP contribution in [0.15, 0.2) is 0 Å². The lowest BCUT2D eigenvalue weighted by Crippen LogP contribution is -2.38. The fraction of sp³-hybridized carbons (Fsp3) is 1.00. The molecular weight excluding hydrogens is 197 g/mol. The quantitative estimate of drug-likeness (QED) is 0.664. The molecule has 0 aliphatic rings. The van der Waals surface area contributed by atoms with Crippen LogP contribution in [0.2, 0.25) is 0 Å². The third-order valence-corrected chi connectivity index (χ3v) is 1.84. The summed E-state index contributed by atoms with van der Waals surface area (Å²) in [5.41, 5.74) is 0. The molecule has 0 heterocycles. The van der Waals surface area contributed by atoms with Gasteiger partial charge in [-0.2, -0.15) is 0 Å². The van der Waals surface area contributed by atoms with Crippen LogP contribution < -0.4 is 0 Å². The standard InChI is InChI=1S/C8H18ClN.ClH.H2O/c1-7(2)10(6-5-9)8(3)4;;/h7-8H,5-6H2,1-4H3;1H;1H2. The van der Waals surface area contributed by atoms with Crippen molar-refractivity contribution in [1.82, 2.24) is 4.90 Å². The van der Waals surface area contributed by atoms with Gasteiger partial charge in [0.1, 0.15) is 0 Å². The molecule has 0 aromatic carbocycles. The highest BCUT2D eigenvalue weighted by Gasteiger charge is 2.10. The molecule has 4 heteroatoms. The third kappa shape index (κ3) is 7.17. The van der Waals surface area contributed by atoms with E-state index in [0.29, 0.717) is 12.1 Å². The molecule has 0 bridgehead atoms. The van der Waals surface area contributed by atoms with Crippen LogP contribution in [-0.2, 0) is 0 Å². The Morgan fingerprint density at radius 2 is 1.42 bits per heavy atom. The van der Waals surface area contributed by atoms with Gasteiger partial charge in [0.2, 0.25) is 0 Å². The average molecular weight is 218 g/mol. The van der Waals surface area contributed by atoms with E-state index >= 15 is 0 Å². The fourth-order valence-electron chi connectivity index (χ4n) is 1.21. The summed E-state index contributed by atoms with van der Waals surface area (Å²) in [5, 5.41) is 0. The van der Waals surface area contributed by atoms with Crippen molar-refractivity contribution in [2.75, 3.05) is 12.4 Å². The summed E-state index contributed by atoms with van der Waals surface area (Å²) in [7, 11) is 0. The van der Waals surface area contributed by atoms with Crippen LogP contribution in [0.5, 0.6) is 0 Å². The van der Waals surface area contributed by atoms with Crippen LogP contribution in [0.4, 0.5) is 0 Å². The van der Waals surface area contributed by atoms with E-state index in [2.05, 4.69) is 32.6 Å². The van der Waals surface area contributed by atoms with Crippen LogP contribution in [0.1, 0.15) is 27.7 Å². The van der Waals surface area contributed by atoms with Gasteiger partial charge < -0.3 is 5.48 Å². The topological polar surface area (TPSA) is 34.7 Å². The Hall–Kier alpha value is 0.500. The first-order valence-electron chi connectivity index (χ1n) is 3.91. The lowest BCUT2D eigenvalue weighted by molar-refractivity contribution is 0.187. The number of alkyl halides is 1. The maximum absolute atomic E-state index is 5.64. The molecule has 0 saturated heterocycles. The van der Waals surface area contributed by atoms with E-state index in [0.717, 1.165) is 12.4 Å². The van der Waals surface area contributed by atoms with Gasteiger partial charge in [0.25, 0.3) is 0 Å². The summed E-state index contributed by atoms with van der Waals surface area (Å²) < 4.78 is 0. The fourth-order valence-corrected chi connectivity index (χ4v) is 1.41. The number of halogens is 2. The van der Waals surface area contributed by atoms with Crippen molar-refractivity contribution in [3.8, 4) is 0 Å². The van der Waals surface area contributed by atoms with Crippen molar-refractivity contribution < 1.29 is 5.48 Å². The van der Waals surface area contributed by atoms with Gasteiger partial charge in [-0.05, 0) is 27.7 Å². The minimum Gasteiger partial charge on any atom is -0.412 e. The first-order valence-corrected chi connectivity index (χ1v) is 4.44. The van der Waals surface area contributed by atoms with E-state index in [1.165, 1.54) is 0 Å². The highest BCUT2D eigenvalue weighted by atomic mass is 35.5. The Labute approximate surface area is 87.0 Å². The molecular formula is C8H21Cl2NO. The Morgan fingerprint density at radius 3 is 1.50 bits per heavy atom. The van der Waals surface area contributed by atoms with Crippen LogP contribution >= 0.6 is 24.0 Å².